The van der Waals surface area contributed by atoms with Gasteiger partial charge in [-0.1, -0.05) is 22.9 Å². The van der Waals surface area contributed by atoms with E-state index < -0.39 is 4.92 Å². The minimum absolute atomic E-state index is 0.103. The van der Waals surface area contributed by atoms with Crippen LogP contribution in [-0.2, 0) is 6.42 Å². The van der Waals surface area contributed by atoms with Crippen LogP contribution in [0.2, 0.25) is 0 Å². The van der Waals surface area contributed by atoms with E-state index in [1.54, 1.807) is 0 Å². The topological polar surface area (TPSA) is 56.0 Å². The molecule has 1 heterocycles. The van der Waals surface area contributed by atoms with Gasteiger partial charge in [-0.3, -0.25) is 15.1 Å². The van der Waals surface area contributed by atoms with Crippen molar-refractivity contribution in [3.8, 4) is 0 Å². The maximum atomic E-state index is 10.5. The Hall–Kier alpha value is -0.970. The summed E-state index contributed by atoms with van der Waals surface area (Å²) >= 11 is 3.47. The maximum Gasteiger partial charge on any atom is 0.272 e. The first kappa shape index (κ1) is 11.1. The Morgan fingerprint density at radius 1 is 1.71 bits per heavy atom. The Labute approximate surface area is 90.6 Å². The summed E-state index contributed by atoms with van der Waals surface area (Å²) in [5.41, 5.74) is 0.855. The van der Waals surface area contributed by atoms with Crippen LogP contribution < -0.4 is 0 Å². The number of aromatic nitrogens is 1. The lowest BCUT2D eigenvalue weighted by Gasteiger charge is -2.04. The lowest BCUT2D eigenvalue weighted by atomic mass is 10.2. The molecule has 1 atom stereocenters. The highest BCUT2D eigenvalue weighted by Gasteiger charge is 2.09. The highest BCUT2D eigenvalue weighted by molar-refractivity contribution is 9.09. The Morgan fingerprint density at radius 3 is 3.00 bits per heavy atom. The van der Waals surface area contributed by atoms with Crippen LogP contribution in [0, 0.1) is 10.1 Å². The van der Waals surface area contributed by atoms with Gasteiger partial charge >= 0.3 is 0 Å². The average molecular weight is 259 g/mol. The van der Waals surface area contributed by atoms with Crippen LogP contribution in [0.5, 0.6) is 0 Å². The van der Waals surface area contributed by atoms with Gasteiger partial charge in [-0.05, 0) is 6.42 Å². The zero-order chi connectivity index (χ0) is 10.6. The summed E-state index contributed by atoms with van der Waals surface area (Å²) in [6, 6.07) is 2.92. The molecule has 0 amide bonds. The lowest BCUT2D eigenvalue weighted by Crippen LogP contribution is -2.03. The molecule has 1 rings (SSSR count). The van der Waals surface area contributed by atoms with E-state index in [0.29, 0.717) is 4.83 Å². The van der Waals surface area contributed by atoms with E-state index >= 15 is 0 Å². The van der Waals surface area contributed by atoms with Crippen LogP contribution in [0.1, 0.15) is 19.0 Å². The third-order valence-electron chi connectivity index (χ3n) is 1.88. The summed E-state index contributed by atoms with van der Waals surface area (Å²) in [5, 5.41) is 10.5. The van der Waals surface area contributed by atoms with Gasteiger partial charge in [-0.15, -0.1) is 0 Å². The zero-order valence-electron chi connectivity index (χ0n) is 7.81. The second kappa shape index (κ2) is 5.05. The van der Waals surface area contributed by atoms with E-state index in [9.17, 15) is 10.1 Å². The molecule has 5 heteroatoms. The lowest BCUT2D eigenvalue weighted by molar-refractivity contribution is -0.385. The molecule has 0 aliphatic heterocycles. The van der Waals surface area contributed by atoms with Crippen molar-refractivity contribution in [2.45, 2.75) is 24.6 Å². The highest BCUT2D eigenvalue weighted by atomic mass is 79.9. The first-order chi connectivity index (χ1) is 6.63. The molecule has 1 aromatic rings. The molecule has 1 aromatic heterocycles. The largest absolute Gasteiger partial charge is 0.272 e. The van der Waals surface area contributed by atoms with Crippen molar-refractivity contribution in [2.75, 3.05) is 0 Å². The van der Waals surface area contributed by atoms with Crippen molar-refractivity contribution < 1.29 is 4.92 Å². The second-order valence-electron chi connectivity index (χ2n) is 2.97. The van der Waals surface area contributed by atoms with Crippen LogP contribution in [0.3, 0.4) is 0 Å². The summed E-state index contributed by atoms with van der Waals surface area (Å²) < 4.78 is 0. The molecule has 14 heavy (non-hydrogen) atoms. The summed E-state index contributed by atoms with van der Waals surface area (Å²) in [7, 11) is 0. The van der Waals surface area contributed by atoms with Crippen molar-refractivity contribution >= 4 is 21.6 Å². The standard InChI is InChI=1S/C9H11BrN2O2/c1-2-7(10)5-8-6-9(12(13)14)3-4-11-8/h3-4,6-7H,2,5H2,1H3. The van der Waals surface area contributed by atoms with Crippen molar-refractivity contribution in [1.29, 1.82) is 0 Å². The van der Waals surface area contributed by atoms with Gasteiger partial charge in [0.15, 0.2) is 0 Å². The minimum atomic E-state index is -0.402. The molecule has 4 nitrogen and oxygen atoms in total. The number of hydrogen-bond acceptors (Lipinski definition) is 3. The Bertz CT molecular complexity index is 330. The number of hydrogen-bond donors (Lipinski definition) is 0. The number of nitrogens with zero attached hydrogens (tertiary/aromatic N) is 2. The first-order valence-corrected chi connectivity index (χ1v) is 5.28. The van der Waals surface area contributed by atoms with Gasteiger partial charge in [0, 0.05) is 35.3 Å². The predicted molar refractivity (Wildman–Crippen MR) is 57.6 cm³/mol. The predicted octanol–water partition coefficient (Wildman–Crippen LogP) is 2.71. The van der Waals surface area contributed by atoms with E-state index in [4.69, 9.17) is 0 Å². The molecule has 0 spiro atoms. The average Bonchev–Trinajstić information content (AvgIpc) is 2.18. The normalized spacial score (nSPS) is 12.4. The third-order valence-corrected chi connectivity index (χ3v) is 2.86. The van der Waals surface area contributed by atoms with E-state index in [1.165, 1.54) is 18.3 Å². The molecule has 1 unspecified atom stereocenters. The van der Waals surface area contributed by atoms with Gasteiger partial charge in [0.05, 0.1) is 4.92 Å². The van der Waals surface area contributed by atoms with Crippen molar-refractivity contribution in [3.05, 3.63) is 34.1 Å². The molecule has 0 aliphatic carbocycles. The smallest absolute Gasteiger partial charge is 0.261 e. The van der Waals surface area contributed by atoms with Gasteiger partial charge in [0.25, 0.3) is 5.69 Å². The fraction of sp³-hybridized carbons (Fsp3) is 0.444. The van der Waals surface area contributed by atoms with Crippen LogP contribution in [-0.4, -0.2) is 14.7 Å². The quantitative estimate of drug-likeness (QED) is 0.474. The molecule has 0 bridgehead atoms. The molecule has 0 aliphatic rings. The maximum absolute atomic E-state index is 10.5. The molecular formula is C9H11BrN2O2. The Morgan fingerprint density at radius 2 is 2.43 bits per heavy atom. The van der Waals surface area contributed by atoms with E-state index in [0.717, 1.165) is 18.5 Å². The second-order valence-corrected chi connectivity index (χ2v) is 4.27. The fourth-order valence-corrected chi connectivity index (χ4v) is 1.39. The van der Waals surface area contributed by atoms with E-state index in [-0.39, 0.29) is 5.69 Å². The number of halogens is 1. The Balaban J connectivity index is 2.78. The monoisotopic (exact) mass is 258 g/mol. The van der Waals surface area contributed by atoms with Crippen LogP contribution in [0.15, 0.2) is 18.3 Å². The van der Waals surface area contributed by atoms with Crippen molar-refractivity contribution in [3.63, 3.8) is 0 Å². The van der Waals surface area contributed by atoms with Gasteiger partial charge in [0.1, 0.15) is 0 Å². The van der Waals surface area contributed by atoms with Gasteiger partial charge in [-0.25, -0.2) is 0 Å². The third kappa shape index (κ3) is 3.06. The minimum Gasteiger partial charge on any atom is -0.261 e. The summed E-state index contributed by atoms with van der Waals surface area (Å²) in [6.07, 6.45) is 3.17. The highest BCUT2D eigenvalue weighted by Crippen LogP contribution is 2.15. The number of nitro groups is 1. The molecule has 0 aromatic carbocycles. The number of rotatable bonds is 4. The van der Waals surface area contributed by atoms with Gasteiger partial charge < -0.3 is 0 Å². The van der Waals surface area contributed by atoms with Crippen LogP contribution in [0.4, 0.5) is 5.69 Å². The summed E-state index contributed by atoms with van der Waals surface area (Å²) in [4.78, 5) is 14.5. The molecule has 0 fully saturated rings. The molecule has 0 radical (unpaired) electrons. The Kier molecular flexibility index (Phi) is 4.00. The SMILES string of the molecule is CCC(Br)Cc1cc([N+](=O)[O-])ccn1. The van der Waals surface area contributed by atoms with Crippen LogP contribution in [0.25, 0.3) is 0 Å². The van der Waals surface area contributed by atoms with E-state index in [2.05, 4.69) is 27.8 Å². The number of pyridine rings is 1. The van der Waals surface area contributed by atoms with Gasteiger partial charge in [0.2, 0.25) is 0 Å². The van der Waals surface area contributed by atoms with Crippen LogP contribution >= 0.6 is 15.9 Å². The summed E-state index contributed by atoms with van der Waals surface area (Å²) in [5.74, 6) is 0. The van der Waals surface area contributed by atoms with Gasteiger partial charge in [-0.2, -0.15) is 0 Å². The molecular weight excluding hydrogens is 248 g/mol. The molecule has 0 N–H and O–H groups in total. The van der Waals surface area contributed by atoms with E-state index in [1.807, 2.05) is 0 Å². The molecule has 76 valence electrons. The molecule has 0 saturated carbocycles. The first-order valence-electron chi connectivity index (χ1n) is 4.37. The van der Waals surface area contributed by atoms with Crippen molar-refractivity contribution in [2.24, 2.45) is 0 Å². The zero-order valence-corrected chi connectivity index (χ0v) is 9.40. The fourth-order valence-electron chi connectivity index (χ4n) is 1.06. The molecule has 0 saturated heterocycles. The van der Waals surface area contributed by atoms with Crippen molar-refractivity contribution in [1.82, 2.24) is 4.98 Å². The summed E-state index contributed by atoms with van der Waals surface area (Å²) in [6.45, 7) is 2.05. The number of alkyl halides is 1.